The van der Waals surface area contributed by atoms with Gasteiger partial charge < -0.3 is 9.47 Å². The molecule has 35 heavy (non-hydrogen) atoms. The van der Waals surface area contributed by atoms with Crippen molar-refractivity contribution in [3.8, 4) is 0 Å². The minimum Gasteiger partial charge on any atom is -0.374 e. The van der Waals surface area contributed by atoms with Crippen LogP contribution in [0, 0.1) is 40.4 Å². The molecule has 5 fully saturated rings. The van der Waals surface area contributed by atoms with Crippen molar-refractivity contribution in [2.45, 2.75) is 125 Å². The number of epoxide rings is 1. The third kappa shape index (κ3) is 5.40. The highest BCUT2D eigenvalue weighted by Gasteiger charge is 2.60. The van der Waals surface area contributed by atoms with E-state index in [0.717, 1.165) is 42.8 Å². The molecule has 0 radical (unpaired) electrons. The van der Waals surface area contributed by atoms with Crippen LogP contribution in [-0.2, 0) is 16.1 Å². The summed E-state index contributed by atoms with van der Waals surface area (Å²) in [6.45, 7) is 15.2. The molecule has 6 rings (SSSR count). The third-order valence-electron chi connectivity index (χ3n) is 11.1. The van der Waals surface area contributed by atoms with Gasteiger partial charge in [-0.1, -0.05) is 71.9 Å². The number of benzene rings is 1. The number of rotatable bonds is 5. The van der Waals surface area contributed by atoms with Gasteiger partial charge in [-0.25, -0.2) is 0 Å². The summed E-state index contributed by atoms with van der Waals surface area (Å²) in [6, 6.07) is 10.7. The highest BCUT2D eigenvalue weighted by Crippen LogP contribution is 2.68. The summed E-state index contributed by atoms with van der Waals surface area (Å²) in [5.41, 5.74) is 2.49. The van der Waals surface area contributed by atoms with Gasteiger partial charge in [0.25, 0.3) is 0 Å². The summed E-state index contributed by atoms with van der Waals surface area (Å²) in [5.74, 6) is 4.75. The second kappa shape index (κ2) is 11.7. The summed E-state index contributed by atoms with van der Waals surface area (Å²) in [4.78, 5) is 0. The number of hydrogen-bond acceptors (Lipinski definition) is 2. The van der Waals surface area contributed by atoms with Crippen molar-refractivity contribution in [3.63, 3.8) is 0 Å². The van der Waals surface area contributed by atoms with E-state index in [9.17, 15) is 0 Å². The fraction of sp³-hybridized carbons (Fsp3) is 0.818. The first-order valence-electron chi connectivity index (χ1n) is 15.3. The number of hydrogen-bond donors (Lipinski definition) is 0. The van der Waals surface area contributed by atoms with Crippen molar-refractivity contribution in [3.05, 3.63) is 35.9 Å². The van der Waals surface area contributed by atoms with E-state index in [4.69, 9.17) is 9.47 Å². The Labute approximate surface area is 216 Å². The molecule has 0 spiro atoms. The molecule has 4 aliphatic carbocycles. The Morgan fingerprint density at radius 3 is 2.23 bits per heavy atom. The van der Waals surface area contributed by atoms with E-state index in [1.54, 1.807) is 0 Å². The Hall–Kier alpha value is -0.860. The highest BCUT2D eigenvalue weighted by atomic mass is 16.6. The molecule has 6 unspecified atom stereocenters. The van der Waals surface area contributed by atoms with Gasteiger partial charge in [0.15, 0.2) is 0 Å². The molecule has 198 valence electrons. The van der Waals surface area contributed by atoms with E-state index in [1.807, 2.05) is 27.7 Å². The van der Waals surface area contributed by atoms with Crippen LogP contribution in [0.5, 0.6) is 0 Å². The van der Waals surface area contributed by atoms with Crippen LogP contribution in [0.2, 0.25) is 0 Å². The molecule has 9 atom stereocenters. The first kappa shape index (κ1) is 27.2. The molecule has 0 amide bonds. The molecule has 1 heterocycles. The third-order valence-corrected chi connectivity index (χ3v) is 11.1. The summed E-state index contributed by atoms with van der Waals surface area (Å²) in [7, 11) is 0. The van der Waals surface area contributed by atoms with Gasteiger partial charge in [0.05, 0.1) is 25.4 Å². The molecule has 1 saturated heterocycles. The topological polar surface area (TPSA) is 21.8 Å². The summed E-state index contributed by atoms with van der Waals surface area (Å²) >= 11 is 0. The second-order valence-corrected chi connectivity index (χ2v) is 12.4. The molecule has 1 aliphatic heterocycles. The fourth-order valence-electron chi connectivity index (χ4n) is 9.18. The van der Waals surface area contributed by atoms with E-state index in [1.165, 1.54) is 69.8 Å². The van der Waals surface area contributed by atoms with Gasteiger partial charge in [-0.15, -0.1) is 0 Å². The Morgan fingerprint density at radius 1 is 0.829 bits per heavy atom. The summed E-state index contributed by atoms with van der Waals surface area (Å²) in [6.07, 6.45) is 15.3. The smallest absolute Gasteiger partial charge is 0.0812 e. The Kier molecular flexibility index (Phi) is 9.07. The Bertz CT molecular complexity index is 773. The number of ether oxygens (including phenoxy) is 2. The lowest BCUT2D eigenvalue weighted by Crippen LogP contribution is -2.54. The van der Waals surface area contributed by atoms with Crippen molar-refractivity contribution in [2.75, 3.05) is 6.61 Å². The van der Waals surface area contributed by atoms with E-state index >= 15 is 0 Å². The molecule has 2 nitrogen and oxygen atoms in total. The maximum Gasteiger partial charge on any atom is 0.0812 e. The monoisotopic (exact) mass is 482 g/mol. The lowest BCUT2D eigenvalue weighted by Gasteiger charge is -2.61. The SMILES string of the molecule is CC.CC.C[C@]12CCC3C(CC[C@@H]4CC(OCc5ccccc5)CC[C@]34C)C1CCC2CC1CO1. The zero-order valence-electron chi connectivity index (χ0n) is 23.7. The maximum absolute atomic E-state index is 6.43. The predicted octanol–water partition coefficient (Wildman–Crippen LogP) is 9.07. The molecule has 5 aliphatic rings. The van der Waals surface area contributed by atoms with Crippen LogP contribution >= 0.6 is 0 Å². The van der Waals surface area contributed by atoms with E-state index < -0.39 is 0 Å². The quantitative estimate of drug-likeness (QED) is 0.390. The van der Waals surface area contributed by atoms with Gasteiger partial charge in [-0.05, 0) is 110 Å². The molecule has 0 bridgehead atoms. The zero-order valence-corrected chi connectivity index (χ0v) is 23.7. The minimum absolute atomic E-state index is 0.470. The second-order valence-electron chi connectivity index (χ2n) is 12.4. The molecule has 0 aromatic heterocycles. The molecule has 4 saturated carbocycles. The first-order valence-corrected chi connectivity index (χ1v) is 15.3. The van der Waals surface area contributed by atoms with Gasteiger partial charge in [-0.3, -0.25) is 0 Å². The molecule has 0 N–H and O–H groups in total. The Morgan fingerprint density at radius 2 is 1.51 bits per heavy atom. The highest BCUT2D eigenvalue weighted by molar-refractivity contribution is 5.14. The average molecular weight is 483 g/mol. The molecular weight excluding hydrogens is 428 g/mol. The van der Waals surface area contributed by atoms with Gasteiger partial charge in [0.1, 0.15) is 0 Å². The van der Waals surface area contributed by atoms with Crippen molar-refractivity contribution in [2.24, 2.45) is 40.4 Å². The van der Waals surface area contributed by atoms with Crippen LogP contribution in [-0.4, -0.2) is 18.8 Å². The summed E-state index contributed by atoms with van der Waals surface area (Å²) < 4.78 is 12.1. The standard InChI is InChI=1S/C29H42O2.2C2H6/c1-28-14-12-23(30-18-20-6-4-3-5-7-20)16-21(28)8-10-25-26-11-9-22(17-24-19-31-24)29(26,2)15-13-27(25)28;2*1-2/h3-7,21-27H,8-19H2,1-2H3;2*1-2H3/t21-,22?,23?,24?,25?,26?,27?,28+,29-;;/m1../s1. The van der Waals surface area contributed by atoms with Crippen LogP contribution < -0.4 is 0 Å². The maximum atomic E-state index is 6.43. The van der Waals surface area contributed by atoms with Crippen molar-refractivity contribution < 1.29 is 9.47 Å². The van der Waals surface area contributed by atoms with Crippen LogP contribution in [0.4, 0.5) is 0 Å². The van der Waals surface area contributed by atoms with Gasteiger partial charge in [-0.2, -0.15) is 0 Å². The first-order chi connectivity index (χ1) is 17.1. The average Bonchev–Trinajstić information content (AvgIpc) is 3.66. The predicted molar refractivity (Wildman–Crippen MR) is 147 cm³/mol. The van der Waals surface area contributed by atoms with Crippen LogP contribution in [0.25, 0.3) is 0 Å². The van der Waals surface area contributed by atoms with Crippen molar-refractivity contribution >= 4 is 0 Å². The van der Waals surface area contributed by atoms with Crippen molar-refractivity contribution in [1.29, 1.82) is 0 Å². The van der Waals surface area contributed by atoms with E-state index in [0.29, 0.717) is 23.0 Å². The molecule has 2 heteroatoms. The Balaban J connectivity index is 0.000000689. The molecule has 1 aromatic carbocycles. The van der Waals surface area contributed by atoms with Crippen molar-refractivity contribution in [1.82, 2.24) is 0 Å². The molecular formula is C33H54O2. The fourth-order valence-corrected chi connectivity index (χ4v) is 9.18. The van der Waals surface area contributed by atoms with Crippen LogP contribution in [0.3, 0.4) is 0 Å². The largest absolute Gasteiger partial charge is 0.374 e. The summed E-state index contributed by atoms with van der Waals surface area (Å²) in [5, 5.41) is 0. The van der Waals surface area contributed by atoms with E-state index in [2.05, 4.69) is 44.2 Å². The zero-order chi connectivity index (χ0) is 25.1. The molecule has 1 aromatic rings. The van der Waals surface area contributed by atoms with Gasteiger partial charge in [0.2, 0.25) is 0 Å². The normalized spacial score (nSPS) is 43.3. The van der Waals surface area contributed by atoms with Gasteiger partial charge in [0, 0.05) is 0 Å². The lowest BCUT2D eigenvalue weighted by molar-refractivity contribution is -0.136. The van der Waals surface area contributed by atoms with Gasteiger partial charge >= 0.3 is 0 Å². The lowest BCUT2D eigenvalue weighted by atomic mass is 9.44. The van der Waals surface area contributed by atoms with Crippen LogP contribution in [0.1, 0.15) is 111 Å². The minimum atomic E-state index is 0.470. The van der Waals surface area contributed by atoms with Crippen LogP contribution in [0.15, 0.2) is 30.3 Å². The number of fused-ring (bicyclic) bond motifs is 5. The van der Waals surface area contributed by atoms with E-state index in [-0.39, 0.29) is 0 Å².